The number of methoxy groups -OCH3 is 1. The zero-order valence-corrected chi connectivity index (χ0v) is 19.5. The lowest BCUT2D eigenvalue weighted by Gasteiger charge is -2.27. The molecule has 1 aliphatic rings. The van der Waals surface area contributed by atoms with Crippen LogP contribution in [0.3, 0.4) is 0 Å². The third-order valence-corrected chi connectivity index (χ3v) is 6.69. The number of halogens is 1. The number of hydrogen-bond acceptors (Lipinski definition) is 2. The highest BCUT2D eigenvalue weighted by Gasteiger charge is 2.23. The second-order valence-electron chi connectivity index (χ2n) is 8.60. The summed E-state index contributed by atoms with van der Waals surface area (Å²) in [4.78, 5) is 15.5. The van der Waals surface area contributed by atoms with E-state index in [0.717, 1.165) is 65.0 Å². The molecule has 5 heteroatoms. The normalized spacial score (nSPS) is 13.9. The van der Waals surface area contributed by atoms with Gasteiger partial charge < -0.3 is 14.2 Å². The molecule has 0 aliphatic carbocycles. The van der Waals surface area contributed by atoms with E-state index in [4.69, 9.17) is 16.3 Å². The highest BCUT2D eigenvalue weighted by Crippen LogP contribution is 2.30. The van der Waals surface area contributed by atoms with E-state index >= 15 is 0 Å². The summed E-state index contributed by atoms with van der Waals surface area (Å²) in [6, 6.07) is 24.4. The van der Waals surface area contributed by atoms with E-state index in [9.17, 15) is 4.79 Å². The summed E-state index contributed by atoms with van der Waals surface area (Å²) in [5, 5.41) is 1.78. The SMILES string of the molecule is COc1ccc(-c2ccc3c(c2)cc(C(=O)N2CCCCC2)n3Cc2ccc(Cl)cc2)cc1. The number of benzene rings is 3. The molecule has 0 atom stereocenters. The molecule has 1 saturated heterocycles. The van der Waals surface area contributed by atoms with Crippen LogP contribution < -0.4 is 4.74 Å². The van der Waals surface area contributed by atoms with Crippen LogP contribution in [0.25, 0.3) is 22.0 Å². The molecule has 0 N–H and O–H groups in total. The third kappa shape index (κ3) is 4.49. The van der Waals surface area contributed by atoms with Crippen molar-refractivity contribution in [2.45, 2.75) is 25.8 Å². The van der Waals surface area contributed by atoms with Gasteiger partial charge in [-0.3, -0.25) is 4.79 Å². The van der Waals surface area contributed by atoms with Crippen molar-refractivity contribution in [1.29, 1.82) is 0 Å². The Morgan fingerprint density at radius 2 is 1.58 bits per heavy atom. The van der Waals surface area contributed by atoms with Gasteiger partial charge in [-0.25, -0.2) is 0 Å². The van der Waals surface area contributed by atoms with E-state index < -0.39 is 0 Å². The second kappa shape index (κ2) is 9.32. The minimum Gasteiger partial charge on any atom is -0.497 e. The van der Waals surface area contributed by atoms with E-state index in [-0.39, 0.29) is 5.91 Å². The minimum atomic E-state index is 0.117. The van der Waals surface area contributed by atoms with Crippen molar-refractivity contribution in [3.05, 3.63) is 89.1 Å². The molecule has 1 aliphatic heterocycles. The van der Waals surface area contributed by atoms with Gasteiger partial charge in [-0.15, -0.1) is 0 Å². The standard InChI is InChI=1S/C28H27ClN2O2/c1-33-25-12-7-21(8-13-25)22-9-14-26-23(17-22)18-27(28(32)30-15-3-2-4-16-30)31(26)19-20-5-10-24(29)11-6-20/h5-14,17-18H,2-4,15-16,19H2,1H3. The zero-order chi connectivity index (χ0) is 22.8. The van der Waals surface area contributed by atoms with Crippen LogP contribution in [-0.4, -0.2) is 35.6 Å². The Kier molecular flexibility index (Phi) is 6.10. The summed E-state index contributed by atoms with van der Waals surface area (Å²) in [6.45, 7) is 2.29. The van der Waals surface area contributed by atoms with Crippen LogP contribution in [0.5, 0.6) is 5.75 Å². The van der Waals surface area contributed by atoms with Gasteiger partial charge in [0, 0.05) is 35.6 Å². The van der Waals surface area contributed by atoms with Gasteiger partial charge in [-0.2, -0.15) is 0 Å². The maximum atomic E-state index is 13.5. The van der Waals surface area contributed by atoms with Crippen LogP contribution >= 0.6 is 11.6 Å². The largest absolute Gasteiger partial charge is 0.497 e. The first-order valence-electron chi connectivity index (χ1n) is 11.4. The van der Waals surface area contributed by atoms with Crippen molar-refractivity contribution in [3.63, 3.8) is 0 Å². The van der Waals surface area contributed by atoms with E-state index in [1.807, 2.05) is 41.3 Å². The summed E-state index contributed by atoms with van der Waals surface area (Å²) in [5.74, 6) is 0.953. The van der Waals surface area contributed by atoms with Crippen molar-refractivity contribution in [2.75, 3.05) is 20.2 Å². The molecule has 168 valence electrons. The first-order chi connectivity index (χ1) is 16.1. The number of amides is 1. The van der Waals surface area contributed by atoms with E-state index in [2.05, 4.69) is 41.0 Å². The third-order valence-electron chi connectivity index (χ3n) is 6.44. The lowest BCUT2D eigenvalue weighted by atomic mass is 10.0. The molecule has 1 amide bonds. The molecule has 0 spiro atoms. The number of nitrogens with zero attached hydrogens (tertiary/aromatic N) is 2. The van der Waals surface area contributed by atoms with E-state index in [1.165, 1.54) is 6.42 Å². The van der Waals surface area contributed by atoms with Crippen molar-refractivity contribution < 1.29 is 9.53 Å². The summed E-state index contributed by atoms with van der Waals surface area (Å²) in [6.07, 6.45) is 3.35. The topological polar surface area (TPSA) is 34.5 Å². The number of carbonyl (C=O) groups is 1. The number of carbonyl (C=O) groups excluding carboxylic acids is 1. The number of fused-ring (bicyclic) bond motifs is 1. The van der Waals surface area contributed by atoms with Gasteiger partial charge in [0.15, 0.2) is 0 Å². The van der Waals surface area contributed by atoms with Gasteiger partial charge in [0.2, 0.25) is 0 Å². The molecule has 1 fully saturated rings. The Morgan fingerprint density at radius 3 is 2.27 bits per heavy atom. The Morgan fingerprint density at radius 1 is 0.879 bits per heavy atom. The van der Waals surface area contributed by atoms with Crippen LogP contribution in [0, 0.1) is 0 Å². The number of aromatic nitrogens is 1. The zero-order valence-electron chi connectivity index (χ0n) is 18.8. The van der Waals surface area contributed by atoms with Gasteiger partial charge in [0.25, 0.3) is 5.91 Å². The summed E-state index contributed by atoms with van der Waals surface area (Å²) >= 11 is 6.09. The fourth-order valence-electron chi connectivity index (χ4n) is 4.61. The Labute approximate surface area is 199 Å². The Balaban J connectivity index is 1.57. The maximum absolute atomic E-state index is 13.5. The molecule has 0 radical (unpaired) electrons. The summed E-state index contributed by atoms with van der Waals surface area (Å²) in [7, 11) is 1.67. The number of likely N-dealkylation sites (tertiary alicyclic amines) is 1. The predicted octanol–water partition coefficient (Wildman–Crippen LogP) is 6.64. The number of hydrogen-bond donors (Lipinski definition) is 0. The summed E-state index contributed by atoms with van der Waals surface area (Å²) < 4.78 is 7.43. The second-order valence-corrected chi connectivity index (χ2v) is 9.03. The smallest absolute Gasteiger partial charge is 0.270 e. The Hall–Kier alpha value is -3.24. The molecule has 0 unspecified atom stereocenters. The van der Waals surface area contributed by atoms with Gasteiger partial charge in [0.1, 0.15) is 11.4 Å². The van der Waals surface area contributed by atoms with Crippen molar-refractivity contribution in [3.8, 4) is 16.9 Å². The molecule has 0 saturated carbocycles. The molecule has 2 heterocycles. The minimum absolute atomic E-state index is 0.117. The predicted molar refractivity (Wildman–Crippen MR) is 134 cm³/mol. The highest BCUT2D eigenvalue weighted by atomic mass is 35.5. The molecular weight excluding hydrogens is 432 g/mol. The molecule has 1 aromatic heterocycles. The van der Waals surface area contributed by atoms with Crippen LogP contribution in [0.1, 0.15) is 35.3 Å². The van der Waals surface area contributed by atoms with Gasteiger partial charge in [0.05, 0.1) is 7.11 Å². The van der Waals surface area contributed by atoms with E-state index in [1.54, 1.807) is 7.11 Å². The first kappa shape index (κ1) is 21.6. The average Bonchev–Trinajstić information content (AvgIpc) is 3.23. The molecule has 5 rings (SSSR count). The molecular formula is C28H27ClN2O2. The summed E-state index contributed by atoms with van der Waals surface area (Å²) in [5.41, 5.74) is 5.15. The molecule has 33 heavy (non-hydrogen) atoms. The van der Waals surface area contributed by atoms with Gasteiger partial charge in [-0.05, 0) is 78.4 Å². The van der Waals surface area contributed by atoms with Crippen molar-refractivity contribution in [2.24, 2.45) is 0 Å². The molecule has 4 aromatic rings. The average molecular weight is 459 g/mol. The fourth-order valence-corrected chi connectivity index (χ4v) is 4.74. The lowest BCUT2D eigenvalue weighted by Crippen LogP contribution is -2.36. The van der Waals surface area contributed by atoms with Crippen molar-refractivity contribution in [1.82, 2.24) is 9.47 Å². The van der Waals surface area contributed by atoms with Crippen molar-refractivity contribution >= 4 is 28.4 Å². The number of rotatable bonds is 5. The quantitative estimate of drug-likeness (QED) is 0.335. The van der Waals surface area contributed by atoms with Crippen LogP contribution in [0.15, 0.2) is 72.8 Å². The molecule has 4 nitrogen and oxygen atoms in total. The first-order valence-corrected chi connectivity index (χ1v) is 11.8. The van der Waals surface area contributed by atoms with Crippen LogP contribution in [0.2, 0.25) is 5.02 Å². The maximum Gasteiger partial charge on any atom is 0.270 e. The Bertz CT molecular complexity index is 1270. The number of ether oxygens (including phenoxy) is 1. The molecule has 3 aromatic carbocycles. The lowest BCUT2D eigenvalue weighted by molar-refractivity contribution is 0.0714. The van der Waals surface area contributed by atoms with Gasteiger partial charge in [-0.1, -0.05) is 41.9 Å². The van der Waals surface area contributed by atoms with Gasteiger partial charge >= 0.3 is 0 Å². The van der Waals surface area contributed by atoms with E-state index in [0.29, 0.717) is 11.6 Å². The van der Waals surface area contributed by atoms with Crippen LogP contribution in [-0.2, 0) is 6.54 Å². The number of piperidine rings is 1. The van der Waals surface area contributed by atoms with Crippen LogP contribution in [0.4, 0.5) is 0 Å². The molecule has 0 bridgehead atoms. The monoisotopic (exact) mass is 458 g/mol. The highest BCUT2D eigenvalue weighted by molar-refractivity contribution is 6.30. The fraction of sp³-hybridized carbons (Fsp3) is 0.250.